The highest BCUT2D eigenvalue weighted by atomic mass is 35.5. The summed E-state index contributed by atoms with van der Waals surface area (Å²) in [6.45, 7) is 2.67. The van der Waals surface area contributed by atoms with Crippen LogP contribution in [0.5, 0.6) is 0 Å². The van der Waals surface area contributed by atoms with Crippen molar-refractivity contribution in [1.82, 2.24) is 14.5 Å². The van der Waals surface area contributed by atoms with Crippen LogP contribution in [0, 0.1) is 0 Å². The molecular formula is C20H18ClN5O. The number of ketones is 1. The van der Waals surface area contributed by atoms with Crippen molar-refractivity contribution in [1.29, 1.82) is 0 Å². The Morgan fingerprint density at radius 2 is 2.15 bits per heavy atom. The monoisotopic (exact) mass is 379 g/mol. The number of pyridine rings is 1. The number of Topliss-reactive ketones (excluding diaryl/α,β-unsaturated/α-hetero) is 1. The molecule has 27 heavy (non-hydrogen) atoms. The summed E-state index contributed by atoms with van der Waals surface area (Å²) in [5, 5.41) is 0.507. The number of carbonyl (C=O) groups excluding carboxylic acids is 1. The van der Waals surface area contributed by atoms with Crippen LogP contribution < -0.4 is 5.73 Å². The predicted octanol–water partition coefficient (Wildman–Crippen LogP) is 2.99. The summed E-state index contributed by atoms with van der Waals surface area (Å²) in [6.07, 6.45) is 5.36. The molecule has 0 radical (unpaired) electrons. The quantitative estimate of drug-likeness (QED) is 0.706. The fourth-order valence-corrected chi connectivity index (χ4v) is 3.45. The smallest absolute Gasteiger partial charge is 0.185 e. The first-order valence-electron chi connectivity index (χ1n) is 8.56. The highest BCUT2D eigenvalue weighted by molar-refractivity contribution is 6.30. The Hall–Kier alpha value is -2.99. The molecule has 1 unspecified atom stereocenters. The van der Waals surface area contributed by atoms with Crippen molar-refractivity contribution in [2.45, 2.75) is 25.4 Å². The first-order valence-corrected chi connectivity index (χ1v) is 8.93. The normalized spacial score (nSPS) is 18.7. The average molecular weight is 380 g/mol. The van der Waals surface area contributed by atoms with E-state index in [0.29, 0.717) is 28.9 Å². The van der Waals surface area contributed by atoms with E-state index in [9.17, 15) is 4.79 Å². The second kappa shape index (κ2) is 6.63. The third-order valence-corrected chi connectivity index (χ3v) is 4.94. The van der Waals surface area contributed by atoms with Crippen LogP contribution in [-0.2, 0) is 18.5 Å². The largest absolute Gasteiger partial charge is 0.381 e. The van der Waals surface area contributed by atoms with E-state index in [-0.39, 0.29) is 12.2 Å². The molecule has 1 aliphatic rings. The Labute approximate surface area is 161 Å². The van der Waals surface area contributed by atoms with Gasteiger partial charge in [0, 0.05) is 25.0 Å². The molecule has 6 nitrogen and oxygen atoms in total. The van der Waals surface area contributed by atoms with E-state index in [1.54, 1.807) is 18.3 Å². The Morgan fingerprint density at radius 1 is 1.30 bits per heavy atom. The van der Waals surface area contributed by atoms with Crippen molar-refractivity contribution in [3.63, 3.8) is 0 Å². The fraction of sp³-hybridized carbons (Fsp3) is 0.200. The van der Waals surface area contributed by atoms with Gasteiger partial charge in [0.2, 0.25) is 0 Å². The zero-order valence-corrected chi connectivity index (χ0v) is 15.5. The molecule has 0 saturated carbocycles. The van der Waals surface area contributed by atoms with Crippen molar-refractivity contribution in [3.8, 4) is 0 Å². The first kappa shape index (κ1) is 17.4. The molecule has 0 amide bonds. The van der Waals surface area contributed by atoms with Gasteiger partial charge in [-0.1, -0.05) is 35.9 Å². The number of nitrogens with two attached hydrogens (primary N) is 1. The molecule has 2 aromatic heterocycles. The molecule has 1 aliphatic heterocycles. The van der Waals surface area contributed by atoms with Gasteiger partial charge in [0.15, 0.2) is 17.4 Å². The molecule has 0 saturated heterocycles. The molecule has 136 valence electrons. The lowest BCUT2D eigenvalue weighted by Crippen LogP contribution is -2.37. The molecule has 0 spiro atoms. The van der Waals surface area contributed by atoms with E-state index in [1.807, 2.05) is 42.0 Å². The van der Waals surface area contributed by atoms with Gasteiger partial charge in [0.1, 0.15) is 11.2 Å². The van der Waals surface area contributed by atoms with Crippen LogP contribution in [0.2, 0.25) is 5.02 Å². The van der Waals surface area contributed by atoms with Crippen molar-refractivity contribution in [2.75, 3.05) is 0 Å². The lowest BCUT2D eigenvalue weighted by Gasteiger charge is -2.31. The van der Waals surface area contributed by atoms with E-state index in [0.717, 1.165) is 11.1 Å². The molecule has 0 bridgehead atoms. The number of imidazole rings is 1. The Bertz CT molecular complexity index is 1040. The highest BCUT2D eigenvalue weighted by Crippen LogP contribution is 2.32. The van der Waals surface area contributed by atoms with Gasteiger partial charge < -0.3 is 10.3 Å². The Morgan fingerprint density at radius 3 is 2.93 bits per heavy atom. The van der Waals surface area contributed by atoms with Gasteiger partial charge in [0.05, 0.1) is 11.6 Å². The maximum Gasteiger partial charge on any atom is 0.185 e. The number of aromatic nitrogens is 3. The summed E-state index contributed by atoms with van der Waals surface area (Å²) in [4.78, 5) is 25.5. The average Bonchev–Trinajstić information content (AvgIpc) is 3.11. The van der Waals surface area contributed by atoms with Gasteiger partial charge in [-0.15, -0.1) is 0 Å². The minimum Gasteiger partial charge on any atom is -0.381 e. The van der Waals surface area contributed by atoms with Crippen LogP contribution in [-0.4, -0.2) is 26.2 Å². The number of aliphatic imine (C=N–C) groups is 1. The SMILES string of the molecule is CC1(c2cccc(CC(=O)c3ccc(Cl)cn3)c2)Cn2ccnc2C(N)=N1. The number of amidine groups is 1. The van der Waals surface area contributed by atoms with Crippen molar-refractivity contribution in [2.24, 2.45) is 10.7 Å². The lowest BCUT2D eigenvalue weighted by molar-refractivity contribution is 0.0988. The summed E-state index contributed by atoms with van der Waals surface area (Å²) in [5.74, 6) is 1.05. The second-order valence-corrected chi connectivity index (χ2v) is 7.25. The molecule has 0 fully saturated rings. The number of nitrogens with zero attached hydrogens (tertiary/aromatic N) is 4. The minimum absolute atomic E-state index is 0.0578. The molecule has 0 aliphatic carbocycles. The topological polar surface area (TPSA) is 86.2 Å². The van der Waals surface area contributed by atoms with Gasteiger partial charge in [-0.25, -0.2) is 4.98 Å². The first-order chi connectivity index (χ1) is 12.9. The Kier molecular flexibility index (Phi) is 4.28. The number of halogens is 1. The maximum atomic E-state index is 12.5. The summed E-state index contributed by atoms with van der Waals surface area (Å²) in [5.41, 5.74) is 7.89. The van der Waals surface area contributed by atoms with Gasteiger partial charge in [-0.3, -0.25) is 14.8 Å². The van der Waals surface area contributed by atoms with Crippen molar-refractivity contribution >= 4 is 23.2 Å². The lowest BCUT2D eigenvalue weighted by atomic mass is 9.89. The predicted molar refractivity (Wildman–Crippen MR) is 104 cm³/mol. The van der Waals surface area contributed by atoms with Crippen LogP contribution in [0.3, 0.4) is 0 Å². The van der Waals surface area contributed by atoms with Crippen molar-refractivity contribution in [3.05, 3.63) is 82.7 Å². The molecule has 1 aromatic carbocycles. The second-order valence-electron chi connectivity index (χ2n) is 6.81. The zero-order chi connectivity index (χ0) is 19.0. The molecular weight excluding hydrogens is 362 g/mol. The van der Waals surface area contributed by atoms with Gasteiger partial charge in [-0.05, 0) is 30.2 Å². The van der Waals surface area contributed by atoms with Gasteiger partial charge >= 0.3 is 0 Å². The molecule has 7 heteroatoms. The van der Waals surface area contributed by atoms with E-state index in [1.165, 1.54) is 6.20 Å². The number of hydrogen-bond acceptors (Lipinski definition) is 5. The summed E-state index contributed by atoms with van der Waals surface area (Å²) in [6, 6.07) is 11.2. The minimum atomic E-state index is -0.518. The fourth-order valence-electron chi connectivity index (χ4n) is 3.34. The number of rotatable bonds is 4. The van der Waals surface area contributed by atoms with E-state index < -0.39 is 5.54 Å². The van der Waals surface area contributed by atoms with Crippen LogP contribution in [0.25, 0.3) is 0 Å². The standard InChI is InChI=1S/C20H18ClN5O/c1-20(12-26-8-7-23-19(26)18(22)25-20)14-4-2-3-13(9-14)10-17(27)16-6-5-15(21)11-24-16/h2-9,11H,10,12H2,1H3,(H2,22,25). The molecule has 3 heterocycles. The van der Waals surface area contributed by atoms with Gasteiger partial charge in [0.25, 0.3) is 0 Å². The van der Waals surface area contributed by atoms with Gasteiger partial charge in [-0.2, -0.15) is 0 Å². The third-order valence-electron chi connectivity index (χ3n) is 4.72. The maximum absolute atomic E-state index is 12.5. The summed E-state index contributed by atoms with van der Waals surface area (Å²) in [7, 11) is 0. The van der Waals surface area contributed by atoms with E-state index in [4.69, 9.17) is 17.3 Å². The zero-order valence-electron chi connectivity index (χ0n) is 14.8. The molecule has 1 atom stereocenters. The van der Waals surface area contributed by atoms with E-state index in [2.05, 4.69) is 15.0 Å². The van der Waals surface area contributed by atoms with Crippen LogP contribution in [0.15, 0.2) is 60.0 Å². The molecule has 2 N–H and O–H groups in total. The van der Waals surface area contributed by atoms with Crippen molar-refractivity contribution < 1.29 is 4.79 Å². The number of hydrogen-bond donors (Lipinski definition) is 1. The van der Waals surface area contributed by atoms with Crippen LogP contribution in [0.4, 0.5) is 0 Å². The summed E-state index contributed by atoms with van der Waals surface area (Å²) >= 11 is 5.84. The van der Waals surface area contributed by atoms with E-state index >= 15 is 0 Å². The van der Waals surface area contributed by atoms with Crippen LogP contribution >= 0.6 is 11.6 Å². The number of benzene rings is 1. The summed E-state index contributed by atoms with van der Waals surface area (Å²) < 4.78 is 2.00. The highest BCUT2D eigenvalue weighted by Gasteiger charge is 2.32. The number of carbonyl (C=O) groups is 1. The molecule has 3 aromatic rings. The number of fused-ring (bicyclic) bond motifs is 1. The van der Waals surface area contributed by atoms with Crippen LogP contribution in [0.1, 0.15) is 34.4 Å². The third kappa shape index (κ3) is 3.36. The molecule has 4 rings (SSSR count). The Balaban J connectivity index is 1.60.